The van der Waals surface area contributed by atoms with E-state index in [1.807, 2.05) is 6.07 Å². The van der Waals surface area contributed by atoms with Crippen LogP contribution in [0.5, 0.6) is 5.75 Å². The molecule has 1 heterocycles. The van der Waals surface area contributed by atoms with Crippen molar-refractivity contribution in [2.45, 2.75) is 39.0 Å². The van der Waals surface area contributed by atoms with Crippen LogP contribution in [0.3, 0.4) is 0 Å². The first-order chi connectivity index (χ1) is 11.3. The van der Waals surface area contributed by atoms with Gasteiger partial charge in [-0.25, -0.2) is 14.4 Å². The summed E-state index contributed by atoms with van der Waals surface area (Å²) < 4.78 is 19.9. The smallest absolute Gasteiger partial charge is 0.165 e. The molecule has 0 unspecified atom stereocenters. The zero-order chi connectivity index (χ0) is 16.1. The van der Waals surface area contributed by atoms with Gasteiger partial charge in [0.05, 0.1) is 6.61 Å². The molecule has 3 rings (SSSR count). The van der Waals surface area contributed by atoms with E-state index in [0.29, 0.717) is 29.7 Å². The van der Waals surface area contributed by atoms with Crippen LogP contribution in [0.4, 0.5) is 4.39 Å². The average molecular weight is 313 g/mol. The number of aryl methyl sites for hydroxylation is 1. The minimum absolute atomic E-state index is 0.313. The maximum Gasteiger partial charge on any atom is 0.165 e. The van der Waals surface area contributed by atoms with E-state index in [9.17, 15) is 4.39 Å². The minimum atomic E-state index is -0.354. The summed E-state index contributed by atoms with van der Waals surface area (Å²) in [5.41, 5.74) is 1.74. The van der Waals surface area contributed by atoms with Gasteiger partial charge in [0.1, 0.15) is 0 Å². The van der Waals surface area contributed by atoms with E-state index < -0.39 is 0 Å². The third kappa shape index (κ3) is 4.06. The highest BCUT2D eigenvalue weighted by molar-refractivity contribution is 5.56. The van der Waals surface area contributed by atoms with Crippen LogP contribution in [-0.2, 0) is 6.42 Å². The fraction of sp³-hybridized carbons (Fsp3) is 0.421. The monoisotopic (exact) mass is 313 g/mol. The molecule has 1 aliphatic rings. The quantitative estimate of drug-likeness (QED) is 0.808. The lowest BCUT2D eigenvalue weighted by Gasteiger charge is -2.21. The molecular weight excluding hydrogens is 291 g/mol. The van der Waals surface area contributed by atoms with Gasteiger partial charge in [-0.2, -0.15) is 0 Å². The SMILES string of the molecule is CCc1cnc(-c2ccc(OCC3CC[CH]CC3)c(F)c2)nc1. The first-order valence-electron chi connectivity index (χ1n) is 8.31. The van der Waals surface area contributed by atoms with Crippen LogP contribution >= 0.6 is 0 Å². The Bertz CT molecular complexity index is 636. The second-order valence-electron chi connectivity index (χ2n) is 6.03. The standard InChI is InChI=1S/C19H22FN2O/c1-2-14-11-21-19(22-12-14)16-8-9-18(17(20)10-16)23-13-15-6-4-3-5-7-15/h3,8-12,15H,2,4-7,13H2,1H3. The molecule has 0 atom stereocenters. The molecule has 0 bridgehead atoms. The van der Waals surface area contributed by atoms with Crippen molar-refractivity contribution in [2.24, 2.45) is 5.92 Å². The number of aromatic nitrogens is 2. The molecule has 0 spiro atoms. The summed E-state index contributed by atoms with van der Waals surface area (Å²) in [6.07, 6.45) is 11.3. The molecule has 23 heavy (non-hydrogen) atoms. The Labute approximate surface area is 136 Å². The van der Waals surface area contributed by atoms with Gasteiger partial charge in [-0.15, -0.1) is 0 Å². The highest BCUT2D eigenvalue weighted by atomic mass is 19.1. The molecule has 1 fully saturated rings. The molecular formula is C19H22FN2O. The third-order valence-corrected chi connectivity index (χ3v) is 4.34. The highest BCUT2D eigenvalue weighted by Gasteiger charge is 2.15. The normalized spacial score (nSPS) is 15.6. The Morgan fingerprint density at radius 2 is 1.91 bits per heavy atom. The largest absolute Gasteiger partial charge is 0.490 e. The van der Waals surface area contributed by atoms with Gasteiger partial charge in [-0.1, -0.05) is 6.92 Å². The third-order valence-electron chi connectivity index (χ3n) is 4.34. The maximum absolute atomic E-state index is 14.2. The number of nitrogens with zero attached hydrogens (tertiary/aromatic N) is 2. The van der Waals surface area contributed by atoms with Crippen molar-refractivity contribution in [3.05, 3.63) is 48.4 Å². The van der Waals surface area contributed by atoms with Crippen LogP contribution in [0, 0.1) is 18.2 Å². The second-order valence-corrected chi connectivity index (χ2v) is 6.03. The van der Waals surface area contributed by atoms with Crippen molar-refractivity contribution < 1.29 is 9.13 Å². The predicted octanol–water partition coefficient (Wildman–Crippen LogP) is 4.62. The van der Waals surface area contributed by atoms with Crippen molar-refractivity contribution in [2.75, 3.05) is 6.61 Å². The summed E-state index contributed by atoms with van der Waals surface area (Å²) >= 11 is 0. The number of ether oxygens (including phenoxy) is 1. The molecule has 0 amide bonds. The Morgan fingerprint density at radius 3 is 2.57 bits per heavy atom. The van der Waals surface area contributed by atoms with Crippen LogP contribution in [0.1, 0.15) is 38.2 Å². The van der Waals surface area contributed by atoms with Crippen LogP contribution in [0.15, 0.2) is 30.6 Å². The Balaban J connectivity index is 1.67. The topological polar surface area (TPSA) is 35.0 Å². The van der Waals surface area contributed by atoms with Gasteiger partial charge in [-0.3, -0.25) is 0 Å². The number of hydrogen-bond donors (Lipinski definition) is 0. The van der Waals surface area contributed by atoms with Gasteiger partial charge < -0.3 is 4.74 Å². The first-order valence-corrected chi connectivity index (χ1v) is 8.31. The van der Waals surface area contributed by atoms with Crippen molar-refractivity contribution in [3.8, 4) is 17.1 Å². The van der Waals surface area contributed by atoms with Crippen LogP contribution in [-0.4, -0.2) is 16.6 Å². The highest BCUT2D eigenvalue weighted by Crippen LogP contribution is 2.27. The molecule has 2 aromatic rings. The molecule has 121 valence electrons. The average Bonchev–Trinajstić information content (AvgIpc) is 2.61. The van der Waals surface area contributed by atoms with Crippen molar-refractivity contribution in [3.63, 3.8) is 0 Å². The Hall–Kier alpha value is -1.97. The van der Waals surface area contributed by atoms with Gasteiger partial charge in [0.15, 0.2) is 17.4 Å². The summed E-state index contributed by atoms with van der Waals surface area (Å²) in [5.74, 6) is 1.03. The molecule has 4 heteroatoms. The molecule has 0 aliphatic heterocycles. The lowest BCUT2D eigenvalue weighted by molar-refractivity contribution is 0.213. The molecule has 0 saturated heterocycles. The molecule has 1 radical (unpaired) electrons. The van der Waals surface area contributed by atoms with E-state index in [4.69, 9.17) is 4.74 Å². The molecule has 3 nitrogen and oxygen atoms in total. The van der Waals surface area contributed by atoms with Gasteiger partial charge >= 0.3 is 0 Å². The lowest BCUT2D eigenvalue weighted by atomic mass is 9.90. The van der Waals surface area contributed by atoms with Gasteiger partial charge in [0.25, 0.3) is 0 Å². The number of halogens is 1. The van der Waals surface area contributed by atoms with Gasteiger partial charge in [0, 0.05) is 18.0 Å². The summed E-state index contributed by atoms with van der Waals surface area (Å²) in [7, 11) is 0. The fourth-order valence-corrected chi connectivity index (χ4v) is 2.81. The summed E-state index contributed by atoms with van der Waals surface area (Å²) in [6, 6.07) is 4.94. The first kappa shape index (κ1) is 15.9. The zero-order valence-corrected chi connectivity index (χ0v) is 13.5. The van der Waals surface area contributed by atoms with Crippen LogP contribution < -0.4 is 4.74 Å². The maximum atomic E-state index is 14.2. The number of rotatable bonds is 5. The fourth-order valence-electron chi connectivity index (χ4n) is 2.81. The van der Waals surface area contributed by atoms with Gasteiger partial charge in [-0.05, 0) is 68.2 Å². The summed E-state index contributed by atoms with van der Waals surface area (Å²) in [5, 5.41) is 0. The molecule has 1 aromatic carbocycles. The van der Waals surface area contributed by atoms with E-state index in [2.05, 4.69) is 23.3 Å². The predicted molar refractivity (Wildman–Crippen MR) is 88.6 cm³/mol. The second kappa shape index (κ2) is 7.53. The summed E-state index contributed by atoms with van der Waals surface area (Å²) in [4.78, 5) is 8.58. The van der Waals surface area contributed by atoms with Crippen molar-refractivity contribution in [1.82, 2.24) is 9.97 Å². The zero-order valence-electron chi connectivity index (χ0n) is 13.5. The van der Waals surface area contributed by atoms with Crippen LogP contribution in [0.2, 0.25) is 0 Å². The lowest BCUT2D eigenvalue weighted by Crippen LogP contribution is -2.15. The van der Waals surface area contributed by atoms with E-state index in [1.165, 1.54) is 6.07 Å². The van der Waals surface area contributed by atoms with E-state index >= 15 is 0 Å². The Morgan fingerprint density at radius 1 is 1.17 bits per heavy atom. The van der Waals surface area contributed by atoms with Gasteiger partial charge in [0.2, 0.25) is 0 Å². The molecule has 0 N–H and O–H groups in total. The van der Waals surface area contributed by atoms with E-state index in [1.54, 1.807) is 18.5 Å². The van der Waals surface area contributed by atoms with E-state index in [-0.39, 0.29) is 5.82 Å². The van der Waals surface area contributed by atoms with Crippen molar-refractivity contribution >= 4 is 0 Å². The number of hydrogen-bond acceptors (Lipinski definition) is 3. The van der Waals surface area contributed by atoms with Crippen molar-refractivity contribution in [1.29, 1.82) is 0 Å². The molecule has 1 saturated carbocycles. The molecule has 1 aliphatic carbocycles. The van der Waals surface area contributed by atoms with Crippen LogP contribution in [0.25, 0.3) is 11.4 Å². The summed E-state index contributed by atoms with van der Waals surface area (Å²) in [6.45, 7) is 2.64. The van der Waals surface area contributed by atoms with E-state index in [0.717, 1.165) is 37.7 Å². The molecule has 1 aromatic heterocycles. The minimum Gasteiger partial charge on any atom is -0.490 e. The number of benzene rings is 1. The Kier molecular flexibility index (Phi) is 5.21.